The summed E-state index contributed by atoms with van der Waals surface area (Å²) in [6.45, 7) is 5.70. The highest BCUT2D eigenvalue weighted by atomic mass is 16.2. The molecule has 0 aliphatic carbocycles. The zero-order chi connectivity index (χ0) is 16.2. The van der Waals surface area contributed by atoms with E-state index in [0.717, 1.165) is 19.4 Å². The van der Waals surface area contributed by atoms with Crippen molar-refractivity contribution in [3.63, 3.8) is 0 Å². The van der Waals surface area contributed by atoms with Crippen molar-refractivity contribution in [1.29, 1.82) is 0 Å². The van der Waals surface area contributed by atoms with E-state index in [1.807, 2.05) is 4.90 Å². The molecule has 7 heteroatoms. The van der Waals surface area contributed by atoms with Crippen LogP contribution in [0.2, 0.25) is 0 Å². The van der Waals surface area contributed by atoms with Crippen LogP contribution in [0, 0.1) is 5.92 Å². The lowest BCUT2D eigenvalue weighted by molar-refractivity contribution is -0.141. The molecule has 1 aromatic heterocycles. The van der Waals surface area contributed by atoms with Crippen LogP contribution in [0.25, 0.3) is 0 Å². The molecule has 1 aromatic rings. The van der Waals surface area contributed by atoms with Crippen LogP contribution < -0.4 is 4.90 Å². The second-order valence-electron chi connectivity index (χ2n) is 6.17. The maximum absolute atomic E-state index is 12.8. The Morgan fingerprint density at radius 1 is 1.04 bits per heavy atom. The number of carbonyl (C=O) groups is 2. The Morgan fingerprint density at radius 3 is 2.35 bits per heavy atom. The van der Waals surface area contributed by atoms with Gasteiger partial charge in [-0.3, -0.25) is 9.59 Å². The summed E-state index contributed by atoms with van der Waals surface area (Å²) in [6.07, 6.45) is 5.35. The molecule has 3 heterocycles. The fourth-order valence-electron chi connectivity index (χ4n) is 3.31. The zero-order valence-corrected chi connectivity index (χ0v) is 13.5. The molecule has 2 amide bonds. The third-order valence-corrected chi connectivity index (χ3v) is 4.64. The van der Waals surface area contributed by atoms with Gasteiger partial charge < -0.3 is 14.7 Å². The van der Waals surface area contributed by atoms with Crippen LogP contribution in [-0.4, -0.2) is 70.9 Å². The molecule has 0 radical (unpaired) electrons. The molecular weight excluding hydrogens is 294 g/mol. The van der Waals surface area contributed by atoms with Gasteiger partial charge in [-0.25, -0.2) is 9.97 Å². The van der Waals surface area contributed by atoms with E-state index < -0.39 is 0 Å². The van der Waals surface area contributed by atoms with E-state index in [9.17, 15) is 9.59 Å². The van der Waals surface area contributed by atoms with E-state index in [1.54, 1.807) is 30.3 Å². The van der Waals surface area contributed by atoms with E-state index in [0.29, 0.717) is 38.7 Å². The van der Waals surface area contributed by atoms with Crippen molar-refractivity contribution in [2.75, 3.05) is 44.2 Å². The molecule has 124 valence electrons. The normalized spacial score (nSPS) is 22.1. The van der Waals surface area contributed by atoms with Gasteiger partial charge in [0.15, 0.2) is 0 Å². The number of carbonyl (C=O) groups excluding carboxylic acids is 2. The van der Waals surface area contributed by atoms with Crippen LogP contribution in [0.1, 0.15) is 19.8 Å². The lowest BCUT2D eigenvalue weighted by Crippen LogP contribution is -2.53. The van der Waals surface area contributed by atoms with Gasteiger partial charge in [-0.05, 0) is 18.9 Å². The molecule has 3 rings (SSSR count). The second-order valence-corrected chi connectivity index (χ2v) is 6.17. The summed E-state index contributed by atoms with van der Waals surface area (Å²) in [5.41, 5.74) is 0. The molecule has 2 fully saturated rings. The lowest BCUT2D eigenvalue weighted by Gasteiger charge is -2.38. The Bertz CT molecular complexity index is 557. The number of piperidine rings is 1. The van der Waals surface area contributed by atoms with Gasteiger partial charge >= 0.3 is 0 Å². The molecule has 0 saturated carbocycles. The van der Waals surface area contributed by atoms with Crippen molar-refractivity contribution in [3.8, 4) is 0 Å². The standard InChI is InChI=1S/C16H23N5O2/c1-13(22)19-8-10-20(11-9-19)15(23)14-4-2-7-21(12-14)16-17-5-3-6-18-16/h3,5-6,14H,2,4,7-12H2,1H3/t14-/m0/s1. The van der Waals surface area contributed by atoms with E-state index in [-0.39, 0.29) is 17.7 Å². The smallest absolute Gasteiger partial charge is 0.227 e. The van der Waals surface area contributed by atoms with Crippen LogP contribution in [0.4, 0.5) is 5.95 Å². The number of hydrogen-bond donors (Lipinski definition) is 0. The first-order valence-electron chi connectivity index (χ1n) is 8.21. The van der Waals surface area contributed by atoms with Crippen molar-refractivity contribution in [1.82, 2.24) is 19.8 Å². The fraction of sp³-hybridized carbons (Fsp3) is 0.625. The molecule has 1 atom stereocenters. The second kappa shape index (κ2) is 6.93. The third kappa shape index (κ3) is 3.60. The van der Waals surface area contributed by atoms with Gasteiger partial charge in [0, 0.05) is 58.6 Å². The first kappa shape index (κ1) is 15.7. The van der Waals surface area contributed by atoms with Gasteiger partial charge in [-0.1, -0.05) is 0 Å². The van der Waals surface area contributed by atoms with Crippen molar-refractivity contribution in [2.45, 2.75) is 19.8 Å². The van der Waals surface area contributed by atoms with Crippen molar-refractivity contribution < 1.29 is 9.59 Å². The summed E-state index contributed by atoms with van der Waals surface area (Å²) in [7, 11) is 0. The molecule has 2 aliphatic heterocycles. The van der Waals surface area contributed by atoms with Crippen LogP contribution >= 0.6 is 0 Å². The maximum Gasteiger partial charge on any atom is 0.227 e. The average molecular weight is 317 g/mol. The SMILES string of the molecule is CC(=O)N1CCN(C(=O)[C@H]2CCCN(c3ncccn3)C2)CC1. The highest BCUT2D eigenvalue weighted by molar-refractivity contribution is 5.80. The minimum absolute atomic E-state index is 0.00330. The van der Waals surface area contributed by atoms with Crippen LogP contribution in [0.3, 0.4) is 0 Å². The number of rotatable bonds is 2. The predicted molar refractivity (Wildman–Crippen MR) is 85.8 cm³/mol. The van der Waals surface area contributed by atoms with E-state index in [2.05, 4.69) is 14.9 Å². The highest BCUT2D eigenvalue weighted by Crippen LogP contribution is 2.22. The van der Waals surface area contributed by atoms with E-state index in [1.165, 1.54) is 0 Å². The minimum atomic E-state index is -0.00330. The number of aromatic nitrogens is 2. The summed E-state index contributed by atoms with van der Waals surface area (Å²) < 4.78 is 0. The van der Waals surface area contributed by atoms with E-state index >= 15 is 0 Å². The summed E-state index contributed by atoms with van der Waals surface area (Å²) in [4.78, 5) is 38.5. The first-order valence-corrected chi connectivity index (χ1v) is 8.21. The summed E-state index contributed by atoms with van der Waals surface area (Å²) >= 11 is 0. The number of piperazine rings is 1. The Morgan fingerprint density at radius 2 is 1.70 bits per heavy atom. The number of nitrogens with zero attached hydrogens (tertiary/aromatic N) is 5. The molecular formula is C16H23N5O2. The predicted octanol–water partition coefficient (Wildman–Crippen LogP) is 0.384. The molecule has 7 nitrogen and oxygen atoms in total. The Labute approximate surface area is 136 Å². The summed E-state index contributed by atoms with van der Waals surface area (Å²) in [6, 6.07) is 1.80. The van der Waals surface area contributed by atoms with Crippen molar-refractivity contribution in [2.24, 2.45) is 5.92 Å². The third-order valence-electron chi connectivity index (χ3n) is 4.64. The average Bonchev–Trinajstić information content (AvgIpc) is 2.62. The fourth-order valence-corrected chi connectivity index (χ4v) is 3.31. The maximum atomic E-state index is 12.8. The molecule has 0 bridgehead atoms. The number of amides is 2. The van der Waals surface area contributed by atoms with Crippen LogP contribution in [0.5, 0.6) is 0 Å². The van der Waals surface area contributed by atoms with Gasteiger partial charge in [0.05, 0.1) is 5.92 Å². The monoisotopic (exact) mass is 317 g/mol. The topological polar surface area (TPSA) is 69.6 Å². The zero-order valence-electron chi connectivity index (χ0n) is 13.5. The van der Waals surface area contributed by atoms with Crippen LogP contribution in [0.15, 0.2) is 18.5 Å². The van der Waals surface area contributed by atoms with Crippen LogP contribution in [-0.2, 0) is 9.59 Å². The quantitative estimate of drug-likeness (QED) is 0.789. The largest absolute Gasteiger partial charge is 0.340 e. The molecule has 23 heavy (non-hydrogen) atoms. The van der Waals surface area contributed by atoms with Gasteiger partial charge in [0.1, 0.15) is 0 Å². The van der Waals surface area contributed by atoms with Crippen molar-refractivity contribution in [3.05, 3.63) is 18.5 Å². The summed E-state index contributed by atoms with van der Waals surface area (Å²) in [5, 5.41) is 0. The molecule has 0 spiro atoms. The minimum Gasteiger partial charge on any atom is -0.340 e. The van der Waals surface area contributed by atoms with Gasteiger partial charge in [0.2, 0.25) is 17.8 Å². The molecule has 0 N–H and O–H groups in total. The Kier molecular flexibility index (Phi) is 4.73. The first-order chi connectivity index (χ1) is 11.1. The van der Waals surface area contributed by atoms with Gasteiger partial charge in [-0.15, -0.1) is 0 Å². The molecule has 2 saturated heterocycles. The molecule has 0 aromatic carbocycles. The van der Waals surface area contributed by atoms with E-state index in [4.69, 9.17) is 0 Å². The Balaban J connectivity index is 1.58. The van der Waals surface area contributed by atoms with Gasteiger partial charge in [-0.2, -0.15) is 0 Å². The Hall–Kier alpha value is -2.18. The molecule has 2 aliphatic rings. The lowest BCUT2D eigenvalue weighted by atomic mass is 9.96. The summed E-state index contributed by atoms with van der Waals surface area (Å²) in [5.74, 6) is 0.985. The highest BCUT2D eigenvalue weighted by Gasteiger charge is 2.32. The number of hydrogen-bond acceptors (Lipinski definition) is 5. The van der Waals surface area contributed by atoms with Crippen molar-refractivity contribution >= 4 is 17.8 Å². The van der Waals surface area contributed by atoms with Gasteiger partial charge in [0.25, 0.3) is 0 Å². The number of anilines is 1. The molecule has 0 unspecified atom stereocenters.